The van der Waals surface area contributed by atoms with E-state index in [-0.39, 0.29) is 5.91 Å². The number of hydrogen-bond donors (Lipinski definition) is 1. The molecule has 2 aromatic carbocycles. The highest BCUT2D eigenvalue weighted by atomic mass is 16.4. The van der Waals surface area contributed by atoms with Crippen LogP contribution in [0.15, 0.2) is 48.5 Å². The number of aryl methyl sites for hydroxylation is 1. The summed E-state index contributed by atoms with van der Waals surface area (Å²) in [5.74, 6) is -1.13. The van der Waals surface area contributed by atoms with E-state index in [9.17, 15) is 14.7 Å². The summed E-state index contributed by atoms with van der Waals surface area (Å²) < 4.78 is 0. The van der Waals surface area contributed by atoms with Gasteiger partial charge in [0.25, 0.3) is 5.91 Å². The minimum absolute atomic E-state index is 0.203. The molecule has 118 valence electrons. The number of hydrogen-bond acceptors (Lipinski definition) is 2. The van der Waals surface area contributed by atoms with Crippen molar-refractivity contribution in [3.63, 3.8) is 0 Å². The van der Waals surface area contributed by atoms with Gasteiger partial charge in [-0.25, -0.2) is 4.79 Å². The van der Waals surface area contributed by atoms with Crippen LogP contribution in [0.2, 0.25) is 0 Å². The van der Waals surface area contributed by atoms with Crippen LogP contribution >= 0.6 is 0 Å². The standard InChI is InChI=1S/C19H19NO3/c1-13-4-6-14(7-5-13)15-8-10-16(11-9-15)18(21)20-12-2-3-17(20)19(22)23/h4-11,17H,2-3,12H2,1H3,(H,22,23)/t17-/m0/s1. The molecule has 2 aromatic rings. The highest BCUT2D eigenvalue weighted by Crippen LogP contribution is 2.23. The van der Waals surface area contributed by atoms with Crippen molar-refractivity contribution in [1.82, 2.24) is 4.90 Å². The van der Waals surface area contributed by atoms with Crippen molar-refractivity contribution < 1.29 is 14.7 Å². The molecule has 0 unspecified atom stereocenters. The van der Waals surface area contributed by atoms with Gasteiger partial charge in [0.15, 0.2) is 0 Å². The first-order valence-corrected chi connectivity index (χ1v) is 7.77. The fraction of sp³-hybridized carbons (Fsp3) is 0.263. The van der Waals surface area contributed by atoms with Gasteiger partial charge in [0.1, 0.15) is 6.04 Å². The summed E-state index contributed by atoms with van der Waals surface area (Å²) in [5, 5.41) is 9.20. The quantitative estimate of drug-likeness (QED) is 0.946. The first-order valence-electron chi connectivity index (χ1n) is 7.77. The Bertz CT molecular complexity index is 719. The third-order valence-electron chi connectivity index (χ3n) is 4.32. The van der Waals surface area contributed by atoms with Gasteiger partial charge in [-0.05, 0) is 43.0 Å². The number of amides is 1. The third-order valence-corrected chi connectivity index (χ3v) is 4.32. The van der Waals surface area contributed by atoms with Crippen LogP contribution in [-0.4, -0.2) is 34.5 Å². The lowest BCUT2D eigenvalue weighted by molar-refractivity contribution is -0.141. The zero-order chi connectivity index (χ0) is 16.4. The summed E-state index contributed by atoms with van der Waals surface area (Å²) in [4.78, 5) is 25.2. The topological polar surface area (TPSA) is 57.6 Å². The lowest BCUT2D eigenvalue weighted by Gasteiger charge is -2.21. The van der Waals surface area contributed by atoms with E-state index in [1.807, 2.05) is 31.2 Å². The van der Waals surface area contributed by atoms with Crippen molar-refractivity contribution in [1.29, 1.82) is 0 Å². The third kappa shape index (κ3) is 3.11. The van der Waals surface area contributed by atoms with Gasteiger partial charge >= 0.3 is 5.97 Å². The lowest BCUT2D eigenvalue weighted by Crippen LogP contribution is -2.40. The summed E-state index contributed by atoms with van der Waals surface area (Å²) in [6, 6.07) is 14.9. The van der Waals surface area contributed by atoms with Crippen LogP contribution in [0.3, 0.4) is 0 Å². The Kier molecular flexibility index (Phi) is 4.15. The normalized spacial score (nSPS) is 17.3. The number of nitrogens with zero attached hydrogens (tertiary/aromatic N) is 1. The van der Waals surface area contributed by atoms with Gasteiger partial charge in [0.05, 0.1) is 0 Å². The number of aliphatic carboxylic acids is 1. The molecule has 1 fully saturated rings. The molecule has 1 N–H and O–H groups in total. The zero-order valence-electron chi connectivity index (χ0n) is 13.0. The molecule has 4 heteroatoms. The highest BCUT2D eigenvalue weighted by molar-refractivity contribution is 5.97. The van der Waals surface area contributed by atoms with E-state index in [2.05, 4.69) is 12.1 Å². The average molecular weight is 309 g/mol. The number of carboxylic acids is 1. The van der Waals surface area contributed by atoms with Gasteiger partial charge in [0, 0.05) is 12.1 Å². The van der Waals surface area contributed by atoms with E-state index in [4.69, 9.17) is 0 Å². The second kappa shape index (κ2) is 6.24. The van der Waals surface area contributed by atoms with Crippen LogP contribution in [0.5, 0.6) is 0 Å². The second-order valence-electron chi connectivity index (χ2n) is 5.94. The molecule has 1 aliphatic heterocycles. The predicted molar refractivity (Wildman–Crippen MR) is 88.3 cm³/mol. The van der Waals surface area contributed by atoms with Crippen molar-refractivity contribution >= 4 is 11.9 Å². The van der Waals surface area contributed by atoms with Crippen LogP contribution in [0.1, 0.15) is 28.8 Å². The molecule has 0 aliphatic carbocycles. The lowest BCUT2D eigenvalue weighted by atomic mass is 10.0. The van der Waals surface area contributed by atoms with Crippen molar-refractivity contribution in [2.24, 2.45) is 0 Å². The molecule has 1 amide bonds. The number of rotatable bonds is 3. The molecule has 0 spiro atoms. The molecular formula is C19H19NO3. The summed E-state index contributed by atoms with van der Waals surface area (Å²) in [5.41, 5.74) is 3.88. The SMILES string of the molecule is Cc1ccc(-c2ccc(C(=O)N3CCC[C@H]3C(=O)O)cc2)cc1. The highest BCUT2D eigenvalue weighted by Gasteiger charge is 2.34. The van der Waals surface area contributed by atoms with E-state index >= 15 is 0 Å². The summed E-state index contributed by atoms with van der Waals surface area (Å²) >= 11 is 0. The maximum atomic E-state index is 12.5. The smallest absolute Gasteiger partial charge is 0.326 e. The number of carboxylic acid groups (broad SMARTS) is 1. The van der Waals surface area contributed by atoms with Crippen LogP contribution in [0.25, 0.3) is 11.1 Å². The predicted octanol–water partition coefficient (Wildman–Crippen LogP) is 3.35. The van der Waals surface area contributed by atoms with Crippen LogP contribution in [-0.2, 0) is 4.79 Å². The Balaban J connectivity index is 1.80. The maximum absolute atomic E-state index is 12.5. The van der Waals surface area contributed by atoms with E-state index in [0.717, 1.165) is 17.5 Å². The largest absolute Gasteiger partial charge is 0.480 e. The molecule has 1 aliphatic rings. The number of carbonyl (C=O) groups excluding carboxylic acids is 1. The van der Waals surface area contributed by atoms with Gasteiger partial charge in [-0.1, -0.05) is 42.0 Å². The van der Waals surface area contributed by atoms with Crippen LogP contribution < -0.4 is 0 Å². The van der Waals surface area contributed by atoms with Crippen molar-refractivity contribution in [2.45, 2.75) is 25.8 Å². The molecule has 0 aromatic heterocycles. The van der Waals surface area contributed by atoms with Crippen LogP contribution in [0.4, 0.5) is 0 Å². The number of benzene rings is 2. The number of carbonyl (C=O) groups is 2. The number of likely N-dealkylation sites (tertiary alicyclic amines) is 1. The van der Waals surface area contributed by atoms with Crippen LogP contribution in [0, 0.1) is 6.92 Å². The second-order valence-corrected chi connectivity index (χ2v) is 5.94. The molecule has 4 nitrogen and oxygen atoms in total. The van der Waals surface area contributed by atoms with Crippen molar-refractivity contribution in [3.8, 4) is 11.1 Å². The molecule has 3 rings (SSSR count). The Morgan fingerprint density at radius 2 is 1.57 bits per heavy atom. The molecule has 23 heavy (non-hydrogen) atoms. The Hall–Kier alpha value is -2.62. The molecular weight excluding hydrogens is 290 g/mol. The fourth-order valence-electron chi connectivity index (χ4n) is 2.98. The van der Waals surface area contributed by atoms with Gasteiger partial charge in [-0.15, -0.1) is 0 Å². The summed E-state index contributed by atoms with van der Waals surface area (Å²) in [7, 11) is 0. The van der Waals surface area contributed by atoms with E-state index in [0.29, 0.717) is 18.5 Å². The maximum Gasteiger partial charge on any atom is 0.326 e. The monoisotopic (exact) mass is 309 g/mol. The Morgan fingerprint density at radius 3 is 2.13 bits per heavy atom. The molecule has 0 saturated carbocycles. The summed E-state index contributed by atoms with van der Waals surface area (Å²) in [6.07, 6.45) is 1.27. The minimum atomic E-state index is -0.924. The molecule has 1 atom stereocenters. The van der Waals surface area contributed by atoms with Crippen molar-refractivity contribution in [2.75, 3.05) is 6.54 Å². The first-order chi connectivity index (χ1) is 11.1. The Morgan fingerprint density at radius 1 is 1.00 bits per heavy atom. The molecule has 1 saturated heterocycles. The molecule has 0 radical (unpaired) electrons. The van der Waals surface area contributed by atoms with Gasteiger partial charge < -0.3 is 10.0 Å². The zero-order valence-corrected chi connectivity index (χ0v) is 13.0. The van der Waals surface area contributed by atoms with E-state index < -0.39 is 12.0 Å². The van der Waals surface area contributed by atoms with Gasteiger partial charge in [0.2, 0.25) is 0 Å². The van der Waals surface area contributed by atoms with E-state index in [1.165, 1.54) is 10.5 Å². The minimum Gasteiger partial charge on any atom is -0.480 e. The van der Waals surface area contributed by atoms with Gasteiger partial charge in [-0.3, -0.25) is 4.79 Å². The molecule has 0 bridgehead atoms. The fourth-order valence-corrected chi connectivity index (χ4v) is 2.98. The van der Waals surface area contributed by atoms with E-state index in [1.54, 1.807) is 12.1 Å². The summed E-state index contributed by atoms with van der Waals surface area (Å²) in [6.45, 7) is 2.55. The van der Waals surface area contributed by atoms with Gasteiger partial charge in [-0.2, -0.15) is 0 Å². The van der Waals surface area contributed by atoms with Crippen molar-refractivity contribution in [3.05, 3.63) is 59.7 Å². The Labute approximate surface area is 135 Å². The average Bonchev–Trinajstić information content (AvgIpc) is 3.05. The first kappa shape index (κ1) is 15.3. The molecule has 1 heterocycles.